The Morgan fingerprint density at radius 2 is 1.54 bits per heavy atom. The van der Waals surface area contributed by atoms with Crippen molar-refractivity contribution in [2.24, 2.45) is 0 Å². The summed E-state index contributed by atoms with van der Waals surface area (Å²) in [5, 5.41) is 4.95. The molecular weight excluding hydrogens is 463 g/mol. The second-order valence-electron chi connectivity index (χ2n) is 7.59. The van der Waals surface area contributed by atoms with E-state index >= 15 is 0 Å². The van der Waals surface area contributed by atoms with Crippen LogP contribution in [0.15, 0.2) is 108 Å². The van der Waals surface area contributed by atoms with Gasteiger partial charge in [-0.15, -0.1) is 11.8 Å². The van der Waals surface area contributed by atoms with Crippen LogP contribution in [0.2, 0.25) is 0 Å². The molecule has 0 aromatic heterocycles. The molecule has 0 bridgehead atoms. The number of hydrogen-bond acceptors (Lipinski definition) is 4. The van der Waals surface area contributed by atoms with Crippen molar-refractivity contribution in [2.75, 3.05) is 17.7 Å². The lowest BCUT2D eigenvalue weighted by atomic mass is 10.1. The second kappa shape index (κ2) is 11.4. The smallest absolute Gasteiger partial charge is 0.255 e. The van der Waals surface area contributed by atoms with Crippen LogP contribution < -0.4 is 15.4 Å². The van der Waals surface area contributed by atoms with Gasteiger partial charge in [0, 0.05) is 16.1 Å². The minimum Gasteiger partial charge on any atom is -0.497 e. The molecular formula is C28H23FN2O3S. The summed E-state index contributed by atoms with van der Waals surface area (Å²) in [6, 6.07) is 29.5. The molecule has 5 nitrogen and oxygen atoms in total. The average Bonchev–Trinajstić information content (AvgIpc) is 2.90. The summed E-state index contributed by atoms with van der Waals surface area (Å²) in [6.45, 7) is 0. The van der Waals surface area contributed by atoms with Gasteiger partial charge in [0.2, 0.25) is 5.91 Å². The zero-order valence-electron chi connectivity index (χ0n) is 18.9. The Balaban J connectivity index is 1.49. The quantitative estimate of drug-likeness (QED) is 0.277. The van der Waals surface area contributed by atoms with Crippen molar-refractivity contribution in [3.05, 3.63) is 120 Å². The lowest BCUT2D eigenvalue weighted by Gasteiger charge is -2.17. The number of hydrogen-bond donors (Lipinski definition) is 2. The van der Waals surface area contributed by atoms with Gasteiger partial charge in [0.25, 0.3) is 5.91 Å². The van der Waals surface area contributed by atoms with Gasteiger partial charge >= 0.3 is 0 Å². The van der Waals surface area contributed by atoms with Gasteiger partial charge in [-0.3, -0.25) is 9.59 Å². The summed E-state index contributed by atoms with van der Waals surface area (Å²) < 4.78 is 19.3. The monoisotopic (exact) mass is 486 g/mol. The van der Waals surface area contributed by atoms with Crippen LogP contribution in [0, 0.1) is 5.82 Å². The van der Waals surface area contributed by atoms with E-state index in [9.17, 15) is 14.0 Å². The minimum atomic E-state index is -0.604. The van der Waals surface area contributed by atoms with Crippen LogP contribution in [0.3, 0.4) is 0 Å². The molecule has 0 aliphatic carbocycles. The van der Waals surface area contributed by atoms with E-state index in [-0.39, 0.29) is 17.5 Å². The number of halogens is 1. The Hall–Kier alpha value is -4.10. The molecule has 176 valence electrons. The predicted octanol–water partition coefficient (Wildman–Crippen LogP) is 6.56. The standard InChI is InChI=1S/C28H23FN2O3S/c1-34-22-11-7-10-20(18-22)27(32)30-21-14-16-23(17-15-21)35-26(19-8-3-2-4-9-19)28(33)31-25-13-6-5-12-24(25)29/h2-18,26H,1H3,(H,30,32)(H,31,33). The number of benzene rings is 4. The van der Waals surface area contributed by atoms with Gasteiger partial charge < -0.3 is 15.4 Å². The molecule has 0 aliphatic heterocycles. The molecule has 1 atom stereocenters. The molecule has 7 heteroatoms. The largest absolute Gasteiger partial charge is 0.497 e. The van der Waals surface area contributed by atoms with Crippen molar-refractivity contribution in [1.82, 2.24) is 0 Å². The second-order valence-corrected chi connectivity index (χ2v) is 8.77. The van der Waals surface area contributed by atoms with Gasteiger partial charge in [-0.2, -0.15) is 0 Å². The number of carbonyl (C=O) groups excluding carboxylic acids is 2. The highest BCUT2D eigenvalue weighted by Gasteiger charge is 2.23. The molecule has 1 unspecified atom stereocenters. The Labute approximate surface area is 207 Å². The summed E-state index contributed by atoms with van der Waals surface area (Å²) in [5.74, 6) is -0.476. The number of thioether (sulfide) groups is 1. The summed E-state index contributed by atoms with van der Waals surface area (Å²) in [5.41, 5.74) is 2.03. The summed E-state index contributed by atoms with van der Waals surface area (Å²) >= 11 is 1.34. The summed E-state index contributed by atoms with van der Waals surface area (Å²) in [6.07, 6.45) is 0. The number of rotatable bonds is 8. The predicted molar refractivity (Wildman–Crippen MR) is 137 cm³/mol. The first-order valence-electron chi connectivity index (χ1n) is 10.9. The number of nitrogens with one attached hydrogen (secondary N) is 2. The molecule has 0 aliphatic rings. The van der Waals surface area contributed by atoms with Gasteiger partial charge in [-0.1, -0.05) is 48.5 Å². The number of carbonyl (C=O) groups is 2. The van der Waals surface area contributed by atoms with Gasteiger partial charge in [0.05, 0.1) is 12.8 Å². The normalized spacial score (nSPS) is 11.4. The van der Waals surface area contributed by atoms with Crippen LogP contribution in [-0.2, 0) is 4.79 Å². The molecule has 0 saturated carbocycles. The SMILES string of the molecule is COc1cccc(C(=O)Nc2ccc(SC(C(=O)Nc3ccccc3F)c3ccccc3)cc2)c1. The Morgan fingerprint density at radius 3 is 2.26 bits per heavy atom. The fourth-order valence-corrected chi connectivity index (χ4v) is 4.41. The number of amides is 2. The molecule has 2 N–H and O–H groups in total. The van der Waals surface area contributed by atoms with Gasteiger partial charge in [-0.05, 0) is 60.2 Å². The number of para-hydroxylation sites is 1. The number of anilines is 2. The van der Waals surface area contributed by atoms with E-state index in [2.05, 4.69) is 10.6 Å². The zero-order chi connectivity index (χ0) is 24.6. The average molecular weight is 487 g/mol. The third-order valence-corrected chi connectivity index (χ3v) is 6.44. The first kappa shape index (κ1) is 24.0. The third kappa shape index (κ3) is 6.28. The summed E-state index contributed by atoms with van der Waals surface area (Å²) in [7, 11) is 1.55. The number of ether oxygens (including phenoxy) is 1. The molecule has 0 spiro atoms. The topological polar surface area (TPSA) is 67.4 Å². The fraction of sp³-hybridized carbons (Fsp3) is 0.0714. The zero-order valence-corrected chi connectivity index (χ0v) is 19.7. The molecule has 0 saturated heterocycles. The first-order chi connectivity index (χ1) is 17.0. The van der Waals surface area contributed by atoms with Gasteiger partial charge in [0.1, 0.15) is 16.8 Å². The van der Waals surface area contributed by atoms with Crippen molar-refractivity contribution in [3.8, 4) is 5.75 Å². The van der Waals surface area contributed by atoms with Crippen LogP contribution in [-0.4, -0.2) is 18.9 Å². The molecule has 2 amide bonds. The maximum Gasteiger partial charge on any atom is 0.255 e. The molecule has 0 heterocycles. The van der Waals surface area contributed by atoms with Crippen LogP contribution >= 0.6 is 11.8 Å². The van der Waals surface area contributed by atoms with Crippen molar-refractivity contribution < 1.29 is 18.7 Å². The lowest BCUT2D eigenvalue weighted by molar-refractivity contribution is -0.115. The highest BCUT2D eigenvalue weighted by atomic mass is 32.2. The Kier molecular flexibility index (Phi) is 7.80. The van der Waals surface area contributed by atoms with E-state index < -0.39 is 11.1 Å². The molecule has 0 fully saturated rings. The van der Waals surface area contributed by atoms with Crippen LogP contribution in [0.25, 0.3) is 0 Å². The van der Waals surface area contributed by atoms with Crippen molar-refractivity contribution in [3.63, 3.8) is 0 Å². The highest BCUT2D eigenvalue weighted by Crippen LogP contribution is 2.37. The number of methoxy groups -OCH3 is 1. The molecule has 0 radical (unpaired) electrons. The van der Waals surface area contributed by atoms with Gasteiger partial charge in [0.15, 0.2) is 0 Å². The first-order valence-corrected chi connectivity index (χ1v) is 11.7. The minimum absolute atomic E-state index is 0.134. The maximum absolute atomic E-state index is 14.1. The van der Waals surface area contributed by atoms with Crippen LogP contribution in [0.4, 0.5) is 15.8 Å². The van der Waals surface area contributed by atoms with E-state index in [0.29, 0.717) is 17.0 Å². The maximum atomic E-state index is 14.1. The van der Waals surface area contributed by atoms with Crippen LogP contribution in [0.5, 0.6) is 5.75 Å². The van der Waals surface area contributed by atoms with E-state index in [4.69, 9.17) is 4.74 Å². The highest BCUT2D eigenvalue weighted by molar-refractivity contribution is 8.00. The van der Waals surface area contributed by atoms with Crippen molar-refractivity contribution >= 4 is 35.0 Å². The lowest BCUT2D eigenvalue weighted by Crippen LogP contribution is -2.19. The van der Waals surface area contributed by atoms with Crippen molar-refractivity contribution in [2.45, 2.75) is 10.1 Å². The molecule has 35 heavy (non-hydrogen) atoms. The van der Waals surface area contributed by atoms with Crippen LogP contribution in [0.1, 0.15) is 21.2 Å². The summed E-state index contributed by atoms with van der Waals surface area (Å²) in [4.78, 5) is 26.5. The molecule has 4 rings (SSSR count). The Bertz CT molecular complexity index is 1310. The third-order valence-electron chi connectivity index (χ3n) is 5.17. The van der Waals surface area contributed by atoms with E-state index in [0.717, 1.165) is 10.5 Å². The van der Waals surface area contributed by atoms with E-state index in [1.54, 1.807) is 55.6 Å². The molecule has 4 aromatic carbocycles. The fourth-order valence-electron chi connectivity index (χ4n) is 3.38. The van der Waals surface area contributed by atoms with Crippen molar-refractivity contribution in [1.29, 1.82) is 0 Å². The van der Waals surface area contributed by atoms with E-state index in [1.165, 1.54) is 23.9 Å². The van der Waals surface area contributed by atoms with Gasteiger partial charge in [-0.25, -0.2) is 4.39 Å². The molecule has 4 aromatic rings. The Morgan fingerprint density at radius 1 is 0.829 bits per heavy atom. The van der Waals surface area contributed by atoms with E-state index in [1.807, 2.05) is 42.5 Å².